The molecular weight excluding hydrogens is 393 g/mol. The van der Waals surface area contributed by atoms with E-state index in [1.807, 2.05) is 24.3 Å². The quantitative estimate of drug-likeness (QED) is 0.566. The largest absolute Gasteiger partial charge is 0.388 e. The van der Waals surface area contributed by atoms with Crippen LogP contribution in [0.1, 0.15) is 24.5 Å². The minimum absolute atomic E-state index is 0.0725. The minimum atomic E-state index is -0.605. The maximum Gasteiger partial charge on any atom is 0.229 e. The fraction of sp³-hybridized carbons (Fsp3) is 0.450. The Bertz CT molecular complexity index is 960. The van der Waals surface area contributed by atoms with E-state index in [1.54, 1.807) is 11.8 Å². The number of thioether (sulfide) groups is 1. The van der Waals surface area contributed by atoms with Gasteiger partial charge < -0.3 is 21.5 Å². The zero-order chi connectivity index (χ0) is 20.1. The van der Waals surface area contributed by atoms with Gasteiger partial charge >= 0.3 is 0 Å². The van der Waals surface area contributed by atoms with Crippen molar-refractivity contribution >= 4 is 35.1 Å². The van der Waals surface area contributed by atoms with E-state index in [2.05, 4.69) is 20.6 Å². The van der Waals surface area contributed by atoms with E-state index in [1.165, 1.54) is 0 Å². The Morgan fingerprint density at radius 3 is 3.03 bits per heavy atom. The molecule has 0 spiro atoms. The second-order valence-electron chi connectivity index (χ2n) is 8.02. The fourth-order valence-corrected chi connectivity index (χ4v) is 6.58. The first kappa shape index (κ1) is 18.6. The number of carbonyl (C=O) groups excluding carboxylic acids is 1. The summed E-state index contributed by atoms with van der Waals surface area (Å²) in [5.41, 5.74) is 7.20. The molecule has 2 aromatic rings. The van der Waals surface area contributed by atoms with Crippen molar-refractivity contribution in [1.29, 1.82) is 0 Å². The van der Waals surface area contributed by atoms with Gasteiger partial charge in [0.15, 0.2) is 11.6 Å². The fourth-order valence-electron chi connectivity index (χ4n) is 5.05. The van der Waals surface area contributed by atoms with Gasteiger partial charge in [-0.3, -0.25) is 4.79 Å². The van der Waals surface area contributed by atoms with Gasteiger partial charge in [0, 0.05) is 22.7 Å². The average Bonchev–Trinajstić information content (AvgIpc) is 3.26. The van der Waals surface area contributed by atoms with Gasteiger partial charge in [0.1, 0.15) is 0 Å². The molecule has 2 fully saturated rings. The van der Waals surface area contributed by atoms with Crippen LogP contribution >= 0.6 is 11.8 Å². The summed E-state index contributed by atoms with van der Waals surface area (Å²) in [4.78, 5) is 20.4. The second-order valence-corrected chi connectivity index (χ2v) is 9.29. The molecule has 2 heterocycles. The normalized spacial score (nSPS) is 32.8. The third kappa shape index (κ3) is 3.32. The molecule has 1 unspecified atom stereocenters. The molecule has 9 heteroatoms. The number of nitrogens with two attached hydrogens (primary N) is 1. The molecular formula is C20H22FN5O2S. The summed E-state index contributed by atoms with van der Waals surface area (Å²) in [5.74, 6) is -0.0807. The van der Waals surface area contributed by atoms with Crippen molar-refractivity contribution in [3.8, 4) is 0 Å². The monoisotopic (exact) mass is 415 g/mol. The number of halogens is 1. The van der Waals surface area contributed by atoms with Gasteiger partial charge in [0.2, 0.25) is 11.9 Å². The number of anilines is 3. The smallest absolute Gasteiger partial charge is 0.229 e. The summed E-state index contributed by atoms with van der Waals surface area (Å²) in [6, 6.07) is 7.14. The molecule has 3 aliphatic rings. The van der Waals surface area contributed by atoms with E-state index in [-0.39, 0.29) is 46.7 Å². The second kappa shape index (κ2) is 7.14. The predicted molar refractivity (Wildman–Crippen MR) is 109 cm³/mol. The van der Waals surface area contributed by atoms with Gasteiger partial charge in [-0.2, -0.15) is 16.7 Å². The van der Waals surface area contributed by atoms with Crippen LogP contribution in [0.5, 0.6) is 0 Å². The standard InChI is InChI=1S/C20H22FN5O2S/c21-13-7-23-20-24-11-3-1-2-9(4-11)14(27)8-29-15-6-10-5-12(15)17(16(10)18(22)28)25-19(13)26-20/h1-4,7,10,12,14-17,27H,5-6,8H2,(H2,22,28)(H2,23,24,25,26)/t10-,12+,14?,15+,16-,17+/m0/s1. The molecule has 0 radical (unpaired) electrons. The van der Waals surface area contributed by atoms with Crippen molar-refractivity contribution in [3.05, 3.63) is 41.8 Å². The summed E-state index contributed by atoms with van der Waals surface area (Å²) in [7, 11) is 0. The van der Waals surface area contributed by atoms with Crippen LogP contribution in [0.2, 0.25) is 0 Å². The zero-order valence-electron chi connectivity index (χ0n) is 15.6. The Balaban J connectivity index is 1.56. The van der Waals surface area contributed by atoms with E-state index >= 15 is 0 Å². The zero-order valence-corrected chi connectivity index (χ0v) is 16.4. The van der Waals surface area contributed by atoms with Gasteiger partial charge in [-0.25, -0.2) is 9.37 Å². The van der Waals surface area contributed by atoms with Gasteiger partial charge in [-0.05, 0) is 42.4 Å². The lowest BCUT2D eigenvalue weighted by molar-refractivity contribution is -0.123. The Morgan fingerprint density at radius 2 is 2.21 bits per heavy atom. The van der Waals surface area contributed by atoms with Crippen LogP contribution in [0, 0.1) is 23.6 Å². The van der Waals surface area contributed by atoms with E-state index in [0.717, 1.165) is 24.6 Å². The lowest BCUT2D eigenvalue weighted by Gasteiger charge is -2.35. The molecule has 29 heavy (non-hydrogen) atoms. The molecule has 6 bridgehead atoms. The number of nitrogens with zero attached hydrogens (tertiary/aromatic N) is 2. The summed E-state index contributed by atoms with van der Waals surface area (Å²) in [5, 5.41) is 17.2. The Hall–Kier alpha value is -2.39. The third-order valence-electron chi connectivity index (χ3n) is 6.32. The highest BCUT2D eigenvalue weighted by Crippen LogP contribution is 2.54. The highest BCUT2D eigenvalue weighted by atomic mass is 32.2. The first-order valence-electron chi connectivity index (χ1n) is 9.74. The number of amides is 1. The minimum Gasteiger partial charge on any atom is -0.388 e. The summed E-state index contributed by atoms with van der Waals surface area (Å²) in [6.45, 7) is 0. The summed E-state index contributed by atoms with van der Waals surface area (Å²) >= 11 is 1.71. The molecule has 1 aromatic carbocycles. The van der Waals surface area contributed by atoms with Crippen molar-refractivity contribution < 1.29 is 14.3 Å². The van der Waals surface area contributed by atoms with Crippen LogP contribution in [0.4, 0.5) is 21.8 Å². The molecule has 1 amide bonds. The highest BCUT2D eigenvalue weighted by molar-refractivity contribution is 7.99. The molecule has 7 nitrogen and oxygen atoms in total. The van der Waals surface area contributed by atoms with Gasteiger partial charge in [0.25, 0.3) is 0 Å². The number of benzene rings is 1. The van der Waals surface area contributed by atoms with Gasteiger partial charge in [-0.1, -0.05) is 12.1 Å². The molecule has 2 saturated carbocycles. The Morgan fingerprint density at radius 1 is 1.34 bits per heavy atom. The van der Waals surface area contributed by atoms with Crippen LogP contribution < -0.4 is 16.4 Å². The van der Waals surface area contributed by atoms with Crippen LogP contribution in [-0.4, -0.2) is 38.0 Å². The maximum absolute atomic E-state index is 14.5. The number of rotatable bonds is 1. The lowest BCUT2D eigenvalue weighted by atomic mass is 9.83. The molecule has 0 saturated heterocycles. The van der Waals surface area contributed by atoms with E-state index in [9.17, 15) is 14.3 Å². The van der Waals surface area contributed by atoms with Crippen molar-refractivity contribution in [3.63, 3.8) is 0 Å². The average molecular weight is 415 g/mol. The SMILES string of the molecule is NC(=O)[C@H]1[C@H]2C[C@H]3[C@H]1Nc1nc(ncc1F)Nc1cccc(c1)C(O)CS[C@@H]3C2. The molecule has 5 N–H and O–H groups in total. The summed E-state index contributed by atoms with van der Waals surface area (Å²) in [6.07, 6.45) is 2.26. The molecule has 1 aromatic heterocycles. The number of aromatic nitrogens is 2. The number of nitrogens with one attached hydrogen (secondary N) is 2. The number of aliphatic hydroxyl groups is 1. The van der Waals surface area contributed by atoms with E-state index in [4.69, 9.17) is 5.73 Å². The first-order valence-corrected chi connectivity index (χ1v) is 10.8. The number of hydrogen-bond acceptors (Lipinski definition) is 7. The molecule has 152 valence electrons. The van der Waals surface area contributed by atoms with Crippen molar-refractivity contribution in [2.24, 2.45) is 23.5 Å². The van der Waals surface area contributed by atoms with E-state index < -0.39 is 11.9 Å². The topological polar surface area (TPSA) is 113 Å². The van der Waals surface area contributed by atoms with Crippen LogP contribution in [-0.2, 0) is 4.79 Å². The third-order valence-corrected chi connectivity index (χ3v) is 7.79. The Labute approximate surface area is 171 Å². The van der Waals surface area contributed by atoms with E-state index in [0.29, 0.717) is 11.4 Å². The molecule has 5 rings (SSSR count). The first-order chi connectivity index (χ1) is 14.0. The summed E-state index contributed by atoms with van der Waals surface area (Å²) < 4.78 is 14.5. The van der Waals surface area contributed by atoms with Crippen molar-refractivity contribution in [2.45, 2.75) is 30.2 Å². The van der Waals surface area contributed by atoms with Gasteiger partial charge in [-0.15, -0.1) is 0 Å². The van der Waals surface area contributed by atoms with Gasteiger partial charge in [0.05, 0.1) is 18.2 Å². The van der Waals surface area contributed by atoms with Crippen molar-refractivity contribution in [2.75, 3.05) is 16.4 Å². The number of aliphatic hydroxyl groups excluding tert-OH is 1. The number of hydrogen-bond donors (Lipinski definition) is 4. The Kier molecular flexibility index (Phi) is 4.59. The number of fused-ring (bicyclic) bond motifs is 5. The lowest BCUT2D eigenvalue weighted by Crippen LogP contribution is -2.46. The molecule has 1 aliphatic heterocycles. The predicted octanol–water partition coefficient (Wildman–Crippen LogP) is 2.43. The van der Waals surface area contributed by atoms with Crippen LogP contribution in [0.15, 0.2) is 30.5 Å². The highest BCUT2D eigenvalue weighted by Gasteiger charge is 2.55. The van der Waals surface area contributed by atoms with Crippen LogP contribution in [0.25, 0.3) is 0 Å². The molecule has 6 atom stereocenters. The number of primary amides is 1. The van der Waals surface area contributed by atoms with Crippen molar-refractivity contribution in [1.82, 2.24) is 9.97 Å². The maximum atomic E-state index is 14.5. The number of carbonyl (C=O) groups is 1. The van der Waals surface area contributed by atoms with Crippen LogP contribution in [0.3, 0.4) is 0 Å². The molecule has 2 aliphatic carbocycles.